The molecule has 0 saturated carbocycles. The molecule has 0 aliphatic rings. The summed E-state index contributed by atoms with van der Waals surface area (Å²) < 4.78 is 0. The topological polar surface area (TPSA) is 121 Å². The van der Waals surface area contributed by atoms with E-state index in [0.29, 0.717) is 27.2 Å². The van der Waals surface area contributed by atoms with Crippen molar-refractivity contribution in [2.75, 3.05) is 11.5 Å². The van der Waals surface area contributed by atoms with Crippen LogP contribution in [0.1, 0.15) is 0 Å². The van der Waals surface area contributed by atoms with Crippen LogP contribution in [0, 0.1) is 10.1 Å². The highest BCUT2D eigenvalue weighted by molar-refractivity contribution is 6.30. The van der Waals surface area contributed by atoms with Gasteiger partial charge in [0.05, 0.1) is 16.0 Å². The maximum atomic E-state index is 11.3. The number of fused-ring (bicyclic) bond motifs is 1. The SMILES string of the molecule is Nc1nc2ccc([N+](=O)[O-])c(-c3ccc(Cl)cc3)c2nc1N. The van der Waals surface area contributed by atoms with Gasteiger partial charge in [0.2, 0.25) is 0 Å². The van der Waals surface area contributed by atoms with Gasteiger partial charge < -0.3 is 11.5 Å². The lowest BCUT2D eigenvalue weighted by molar-refractivity contribution is -0.384. The van der Waals surface area contributed by atoms with Gasteiger partial charge in [0.25, 0.3) is 5.69 Å². The summed E-state index contributed by atoms with van der Waals surface area (Å²) in [5.41, 5.74) is 12.9. The fraction of sp³-hybridized carbons (Fsp3) is 0. The van der Waals surface area contributed by atoms with Crippen molar-refractivity contribution in [3.05, 3.63) is 51.5 Å². The van der Waals surface area contributed by atoms with E-state index in [1.165, 1.54) is 12.1 Å². The fourth-order valence-corrected chi connectivity index (χ4v) is 2.32. The molecule has 0 radical (unpaired) electrons. The third kappa shape index (κ3) is 2.27. The Bertz CT molecular complexity index is 896. The second-order valence-corrected chi connectivity index (χ2v) is 5.02. The Kier molecular flexibility index (Phi) is 3.26. The quantitative estimate of drug-likeness (QED) is 0.553. The first-order chi connectivity index (χ1) is 10.5. The zero-order valence-electron chi connectivity index (χ0n) is 11.2. The number of nitrogens with two attached hydrogens (primary N) is 2. The van der Waals surface area contributed by atoms with Crippen LogP contribution in [0.3, 0.4) is 0 Å². The summed E-state index contributed by atoms with van der Waals surface area (Å²) in [5, 5.41) is 11.9. The number of nitrogen functional groups attached to an aromatic ring is 2. The molecule has 22 heavy (non-hydrogen) atoms. The van der Waals surface area contributed by atoms with Gasteiger partial charge in [-0.25, -0.2) is 9.97 Å². The second kappa shape index (κ2) is 5.12. The Hall–Kier alpha value is -2.93. The van der Waals surface area contributed by atoms with Crippen LogP contribution in [0.4, 0.5) is 17.3 Å². The highest BCUT2D eigenvalue weighted by Gasteiger charge is 2.21. The number of nitro benzene ring substituents is 1. The van der Waals surface area contributed by atoms with Crippen molar-refractivity contribution in [1.29, 1.82) is 0 Å². The number of benzene rings is 2. The lowest BCUT2D eigenvalue weighted by Gasteiger charge is -2.09. The van der Waals surface area contributed by atoms with Gasteiger partial charge in [0.1, 0.15) is 5.52 Å². The molecule has 110 valence electrons. The molecule has 0 aliphatic carbocycles. The Morgan fingerprint density at radius 1 is 1.00 bits per heavy atom. The van der Waals surface area contributed by atoms with E-state index in [1.807, 2.05) is 0 Å². The van der Waals surface area contributed by atoms with Crippen LogP contribution < -0.4 is 11.5 Å². The van der Waals surface area contributed by atoms with Crippen LogP contribution in [-0.4, -0.2) is 14.9 Å². The molecule has 7 nitrogen and oxygen atoms in total. The first kappa shape index (κ1) is 14.0. The highest BCUT2D eigenvalue weighted by Crippen LogP contribution is 2.36. The molecule has 0 unspecified atom stereocenters. The predicted molar refractivity (Wildman–Crippen MR) is 85.5 cm³/mol. The first-order valence-corrected chi connectivity index (χ1v) is 6.61. The van der Waals surface area contributed by atoms with Gasteiger partial charge in [-0.05, 0) is 23.8 Å². The van der Waals surface area contributed by atoms with Crippen molar-refractivity contribution in [3.8, 4) is 11.1 Å². The van der Waals surface area contributed by atoms with Gasteiger partial charge in [-0.3, -0.25) is 10.1 Å². The number of hydrogen-bond donors (Lipinski definition) is 2. The fourth-order valence-electron chi connectivity index (χ4n) is 2.19. The zero-order chi connectivity index (χ0) is 15.9. The minimum Gasteiger partial charge on any atom is -0.381 e. The van der Waals surface area contributed by atoms with Gasteiger partial charge in [0.15, 0.2) is 11.6 Å². The Labute approximate surface area is 129 Å². The molecule has 0 atom stereocenters. The van der Waals surface area contributed by atoms with Gasteiger partial charge in [-0.1, -0.05) is 23.7 Å². The molecule has 0 fully saturated rings. The van der Waals surface area contributed by atoms with Crippen molar-refractivity contribution in [2.24, 2.45) is 0 Å². The van der Waals surface area contributed by atoms with Crippen molar-refractivity contribution < 1.29 is 4.92 Å². The van der Waals surface area contributed by atoms with Gasteiger partial charge >= 0.3 is 0 Å². The molecule has 4 N–H and O–H groups in total. The van der Waals surface area contributed by atoms with E-state index < -0.39 is 4.92 Å². The van der Waals surface area contributed by atoms with Crippen LogP contribution in [0.2, 0.25) is 5.02 Å². The molecule has 3 aromatic rings. The van der Waals surface area contributed by atoms with Crippen LogP contribution in [0.5, 0.6) is 0 Å². The normalized spacial score (nSPS) is 10.8. The summed E-state index contributed by atoms with van der Waals surface area (Å²) in [6, 6.07) is 9.52. The molecule has 3 rings (SSSR count). The molecule has 0 bridgehead atoms. The highest BCUT2D eigenvalue weighted by atomic mass is 35.5. The number of anilines is 2. The average Bonchev–Trinajstić information content (AvgIpc) is 2.48. The molecule has 0 saturated heterocycles. The standard InChI is InChI=1S/C14H10ClN5O2/c15-8-3-1-7(2-4-8)11-10(20(21)22)6-5-9-12(11)19-14(17)13(16)18-9/h1-6H,(H2,16,18)(H2,17,19). The van der Waals surface area contributed by atoms with Crippen LogP contribution >= 0.6 is 11.6 Å². The number of nitrogens with zero attached hydrogens (tertiary/aromatic N) is 3. The third-order valence-corrected chi connectivity index (χ3v) is 3.45. The molecular weight excluding hydrogens is 306 g/mol. The summed E-state index contributed by atoms with van der Waals surface area (Å²) in [4.78, 5) is 19.1. The Morgan fingerprint density at radius 3 is 2.27 bits per heavy atom. The van der Waals surface area contributed by atoms with E-state index in [-0.39, 0.29) is 17.3 Å². The minimum absolute atomic E-state index is 0.0308. The minimum atomic E-state index is -0.475. The molecule has 0 spiro atoms. The number of halogens is 1. The van der Waals surface area contributed by atoms with E-state index >= 15 is 0 Å². The zero-order valence-corrected chi connectivity index (χ0v) is 11.9. The maximum Gasteiger partial charge on any atom is 0.279 e. The van der Waals surface area contributed by atoms with Crippen LogP contribution in [-0.2, 0) is 0 Å². The lowest BCUT2D eigenvalue weighted by atomic mass is 10.0. The molecule has 1 aromatic heterocycles. The molecule has 2 aromatic carbocycles. The Morgan fingerprint density at radius 2 is 1.64 bits per heavy atom. The largest absolute Gasteiger partial charge is 0.381 e. The predicted octanol–water partition coefficient (Wildman–Crippen LogP) is 3.02. The average molecular weight is 316 g/mol. The summed E-state index contributed by atoms with van der Waals surface area (Å²) in [6.07, 6.45) is 0. The maximum absolute atomic E-state index is 11.3. The monoisotopic (exact) mass is 315 g/mol. The van der Waals surface area contributed by atoms with Crippen molar-refractivity contribution in [1.82, 2.24) is 9.97 Å². The third-order valence-electron chi connectivity index (χ3n) is 3.20. The Balaban J connectivity index is 2.42. The van der Waals surface area contributed by atoms with E-state index in [0.717, 1.165) is 0 Å². The summed E-state index contributed by atoms with van der Waals surface area (Å²) >= 11 is 5.87. The molecule has 0 aliphatic heterocycles. The lowest BCUT2D eigenvalue weighted by Crippen LogP contribution is -2.03. The molecule has 8 heteroatoms. The second-order valence-electron chi connectivity index (χ2n) is 4.59. The molecule has 1 heterocycles. The summed E-state index contributed by atoms with van der Waals surface area (Å²) in [6.45, 7) is 0. The van der Waals surface area contributed by atoms with Gasteiger partial charge in [0, 0.05) is 11.1 Å². The van der Waals surface area contributed by atoms with Crippen LogP contribution in [0.15, 0.2) is 36.4 Å². The van der Waals surface area contributed by atoms with E-state index in [2.05, 4.69) is 9.97 Å². The van der Waals surface area contributed by atoms with E-state index in [1.54, 1.807) is 24.3 Å². The van der Waals surface area contributed by atoms with Gasteiger partial charge in [-0.2, -0.15) is 0 Å². The van der Waals surface area contributed by atoms with Crippen molar-refractivity contribution >= 4 is 40.0 Å². The first-order valence-electron chi connectivity index (χ1n) is 6.23. The van der Waals surface area contributed by atoms with Crippen molar-refractivity contribution in [3.63, 3.8) is 0 Å². The number of rotatable bonds is 2. The summed E-state index contributed by atoms with van der Waals surface area (Å²) in [7, 11) is 0. The molecule has 0 amide bonds. The van der Waals surface area contributed by atoms with E-state index in [4.69, 9.17) is 23.1 Å². The summed E-state index contributed by atoms with van der Waals surface area (Å²) in [5.74, 6) is 0.117. The smallest absolute Gasteiger partial charge is 0.279 e. The van der Waals surface area contributed by atoms with Gasteiger partial charge in [-0.15, -0.1) is 0 Å². The van der Waals surface area contributed by atoms with Crippen molar-refractivity contribution in [2.45, 2.75) is 0 Å². The molecular formula is C14H10ClN5O2. The number of aromatic nitrogens is 2. The van der Waals surface area contributed by atoms with Crippen LogP contribution in [0.25, 0.3) is 22.2 Å². The van der Waals surface area contributed by atoms with E-state index in [9.17, 15) is 10.1 Å². The number of hydrogen-bond acceptors (Lipinski definition) is 6. The number of nitro groups is 1.